The van der Waals surface area contributed by atoms with Crippen LogP contribution in [0.1, 0.15) is 59.3 Å². The van der Waals surface area contributed by atoms with Crippen molar-refractivity contribution >= 4 is 5.91 Å². The number of hydrogen-bond donors (Lipinski definition) is 0. The van der Waals surface area contributed by atoms with Gasteiger partial charge in [0.25, 0.3) is 0 Å². The van der Waals surface area contributed by atoms with E-state index in [1.54, 1.807) is 0 Å². The molecule has 116 valence electrons. The van der Waals surface area contributed by atoms with Gasteiger partial charge in [-0.25, -0.2) is 0 Å². The molecule has 21 heavy (non-hydrogen) atoms. The van der Waals surface area contributed by atoms with Gasteiger partial charge in [0, 0.05) is 13.6 Å². The first-order valence-electron chi connectivity index (χ1n) is 8.35. The van der Waals surface area contributed by atoms with Crippen molar-refractivity contribution in [2.75, 3.05) is 13.6 Å². The van der Waals surface area contributed by atoms with E-state index >= 15 is 0 Å². The molecular weight excluding hydrogens is 260 g/mol. The lowest BCUT2D eigenvalue weighted by Crippen LogP contribution is -2.60. The van der Waals surface area contributed by atoms with Gasteiger partial charge in [0.1, 0.15) is 0 Å². The Morgan fingerprint density at radius 1 is 1.24 bits per heavy atom. The SMILES string of the molecule is CC(C#N)CN(C)C(=O)C12CC3CC(C)(CC(C)(C3)C1)C2. The molecule has 0 saturated heterocycles. The second-order valence-electron chi connectivity index (χ2n) is 9.13. The van der Waals surface area contributed by atoms with E-state index in [0.717, 1.165) is 25.2 Å². The minimum atomic E-state index is -0.132. The van der Waals surface area contributed by atoms with Crippen molar-refractivity contribution in [2.45, 2.75) is 59.3 Å². The van der Waals surface area contributed by atoms with Crippen LogP contribution >= 0.6 is 0 Å². The normalized spacial score (nSPS) is 45.2. The molecule has 3 heteroatoms. The Morgan fingerprint density at radius 2 is 1.81 bits per heavy atom. The van der Waals surface area contributed by atoms with E-state index in [9.17, 15) is 4.79 Å². The van der Waals surface area contributed by atoms with Crippen LogP contribution in [0.15, 0.2) is 0 Å². The van der Waals surface area contributed by atoms with Crippen molar-refractivity contribution in [1.82, 2.24) is 4.90 Å². The summed E-state index contributed by atoms with van der Waals surface area (Å²) in [4.78, 5) is 15.0. The van der Waals surface area contributed by atoms with Crippen LogP contribution in [0.3, 0.4) is 0 Å². The summed E-state index contributed by atoms with van der Waals surface area (Å²) in [6.45, 7) is 7.26. The predicted octanol–water partition coefficient (Wildman–Crippen LogP) is 3.60. The largest absolute Gasteiger partial charge is 0.344 e. The molecule has 4 bridgehead atoms. The number of rotatable bonds is 3. The van der Waals surface area contributed by atoms with Gasteiger partial charge in [-0.05, 0) is 62.2 Å². The van der Waals surface area contributed by atoms with Crippen molar-refractivity contribution in [3.8, 4) is 6.07 Å². The molecule has 3 unspecified atom stereocenters. The van der Waals surface area contributed by atoms with E-state index in [2.05, 4.69) is 19.9 Å². The first kappa shape index (κ1) is 14.9. The Labute approximate surface area is 128 Å². The quantitative estimate of drug-likeness (QED) is 0.796. The lowest BCUT2D eigenvalue weighted by Gasteiger charge is -2.65. The van der Waals surface area contributed by atoms with Crippen molar-refractivity contribution in [1.29, 1.82) is 5.26 Å². The molecule has 4 fully saturated rings. The highest BCUT2D eigenvalue weighted by Gasteiger charge is 2.63. The van der Waals surface area contributed by atoms with E-state index in [-0.39, 0.29) is 11.3 Å². The summed E-state index contributed by atoms with van der Waals surface area (Å²) in [5.74, 6) is 0.965. The molecule has 4 aliphatic carbocycles. The van der Waals surface area contributed by atoms with Crippen LogP contribution in [-0.2, 0) is 4.79 Å². The first-order valence-corrected chi connectivity index (χ1v) is 8.35. The summed E-state index contributed by atoms with van der Waals surface area (Å²) < 4.78 is 0. The minimum absolute atomic E-state index is 0.0842. The number of nitrogens with zero attached hydrogens (tertiary/aromatic N) is 2. The molecule has 0 aromatic rings. The maximum absolute atomic E-state index is 13.1. The van der Waals surface area contributed by atoms with E-state index in [4.69, 9.17) is 5.26 Å². The second-order valence-corrected chi connectivity index (χ2v) is 9.13. The van der Waals surface area contributed by atoms with Crippen molar-refractivity contribution in [2.24, 2.45) is 28.1 Å². The highest BCUT2D eigenvalue weighted by Crippen LogP contribution is 2.69. The molecule has 4 aliphatic rings. The van der Waals surface area contributed by atoms with Crippen LogP contribution < -0.4 is 0 Å². The Balaban J connectivity index is 1.84. The lowest BCUT2D eigenvalue weighted by atomic mass is 9.40. The standard InChI is InChI=1S/C18H28N2O/c1-13(8-19)9-20(4)15(21)18-7-14-5-16(2,11-18)10-17(3,6-14)12-18/h13-14H,5-7,9-12H2,1-4H3. The van der Waals surface area contributed by atoms with Crippen LogP contribution in [0.2, 0.25) is 0 Å². The van der Waals surface area contributed by atoms with Crippen LogP contribution in [0.4, 0.5) is 0 Å². The Kier molecular flexibility index (Phi) is 3.17. The van der Waals surface area contributed by atoms with Gasteiger partial charge in [-0.3, -0.25) is 4.79 Å². The summed E-state index contributed by atoms with van der Waals surface area (Å²) >= 11 is 0. The minimum Gasteiger partial charge on any atom is -0.344 e. The van der Waals surface area contributed by atoms with Crippen LogP contribution in [0.25, 0.3) is 0 Å². The number of hydrogen-bond acceptors (Lipinski definition) is 2. The van der Waals surface area contributed by atoms with Gasteiger partial charge in [-0.1, -0.05) is 13.8 Å². The predicted molar refractivity (Wildman–Crippen MR) is 82.3 cm³/mol. The fourth-order valence-electron chi connectivity index (χ4n) is 6.63. The number of carbonyl (C=O) groups is 1. The zero-order chi connectivity index (χ0) is 15.5. The number of nitriles is 1. The fraction of sp³-hybridized carbons (Fsp3) is 0.889. The molecule has 0 aromatic heterocycles. The molecule has 4 saturated carbocycles. The van der Waals surface area contributed by atoms with Crippen LogP contribution in [0, 0.1) is 39.4 Å². The van der Waals surface area contributed by atoms with E-state index in [1.807, 2.05) is 18.9 Å². The first-order chi connectivity index (χ1) is 9.69. The summed E-state index contributed by atoms with van der Waals surface area (Å²) in [6.07, 6.45) is 7.14. The second kappa shape index (κ2) is 4.48. The molecule has 3 nitrogen and oxygen atoms in total. The van der Waals surface area contributed by atoms with Crippen molar-refractivity contribution in [3.05, 3.63) is 0 Å². The lowest BCUT2D eigenvalue weighted by molar-refractivity contribution is -0.178. The zero-order valence-corrected chi connectivity index (χ0v) is 13.9. The molecule has 1 amide bonds. The molecule has 3 atom stereocenters. The van der Waals surface area contributed by atoms with Crippen molar-refractivity contribution < 1.29 is 4.79 Å². The van der Waals surface area contributed by atoms with Crippen LogP contribution in [0.5, 0.6) is 0 Å². The smallest absolute Gasteiger partial charge is 0.228 e. The van der Waals surface area contributed by atoms with Gasteiger partial charge in [0.15, 0.2) is 0 Å². The molecule has 0 radical (unpaired) electrons. The molecule has 4 rings (SSSR count). The van der Waals surface area contributed by atoms with E-state index in [0.29, 0.717) is 23.3 Å². The summed E-state index contributed by atoms with van der Waals surface area (Å²) in [5.41, 5.74) is 0.601. The number of carbonyl (C=O) groups excluding carboxylic acids is 1. The van der Waals surface area contributed by atoms with E-state index in [1.165, 1.54) is 19.3 Å². The average Bonchev–Trinajstić information content (AvgIpc) is 2.33. The summed E-state index contributed by atoms with van der Waals surface area (Å²) in [6, 6.07) is 2.25. The average molecular weight is 288 g/mol. The molecule has 0 aliphatic heterocycles. The van der Waals surface area contributed by atoms with Crippen LogP contribution in [-0.4, -0.2) is 24.4 Å². The van der Waals surface area contributed by atoms with Crippen molar-refractivity contribution in [3.63, 3.8) is 0 Å². The van der Waals surface area contributed by atoms with Gasteiger partial charge in [-0.2, -0.15) is 5.26 Å². The van der Waals surface area contributed by atoms with Gasteiger partial charge >= 0.3 is 0 Å². The topological polar surface area (TPSA) is 44.1 Å². The monoisotopic (exact) mass is 288 g/mol. The molecule has 0 N–H and O–H groups in total. The Hall–Kier alpha value is -1.04. The molecule has 0 aromatic carbocycles. The van der Waals surface area contributed by atoms with Gasteiger partial charge < -0.3 is 4.90 Å². The van der Waals surface area contributed by atoms with Gasteiger partial charge in [0.05, 0.1) is 17.4 Å². The molecule has 0 spiro atoms. The zero-order valence-electron chi connectivity index (χ0n) is 13.9. The summed E-state index contributed by atoms with van der Waals surface area (Å²) in [7, 11) is 1.89. The maximum Gasteiger partial charge on any atom is 0.228 e. The Bertz CT molecular complexity index is 488. The highest BCUT2D eigenvalue weighted by molar-refractivity contribution is 5.83. The maximum atomic E-state index is 13.1. The third kappa shape index (κ3) is 2.37. The highest BCUT2D eigenvalue weighted by atomic mass is 16.2. The third-order valence-corrected chi connectivity index (χ3v) is 6.19. The van der Waals surface area contributed by atoms with Gasteiger partial charge in [0.2, 0.25) is 5.91 Å². The molecular formula is C18H28N2O. The third-order valence-electron chi connectivity index (χ3n) is 6.19. The van der Waals surface area contributed by atoms with Gasteiger partial charge in [-0.15, -0.1) is 0 Å². The molecule has 0 heterocycles. The number of amides is 1. The summed E-state index contributed by atoms with van der Waals surface area (Å²) in [5, 5.41) is 8.99. The Morgan fingerprint density at radius 3 is 2.29 bits per heavy atom. The van der Waals surface area contributed by atoms with E-state index < -0.39 is 0 Å². The fourth-order valence-corrected chi connectivity index (χ4v) is 6.63.